The molecular weight excluding hydrogens is 388 g/mol. The highest BCUT2D eigenvalue weighted by Crippen LogP contribution is 2.44. The molecule has 1 amide bonds. The number of sulfonamides is 1. The van der Waals surface area contributed by atoms with E-state index in [-0.39, 0.29) is 23.4 Å². The maximum absolute atomic E-state index is 13.3. The first-order chi connectivity index (χ1) is 14.0. The summed E-state index contributed by atoms with van der Waals surface area (Å²) in [6, 6.07) is 15.1. The van der Waals surface area contributed by atoms with E-state index in [2.05, 4.69) is 5.32 Å². The molecule has 6 nitrogen and oxygen atoms in total. The van der Waals surface area contributed by atoms with E-state index in [4.69, 9.17) is 4.74 Å². The van der Waals surface area contributed by atoms with Crippen LogP contribution in [0.5, 0.6) is 5.75 Å². The quantitative estimate of drug-likeness (QED) is 0.755. The Hall–Kier alpha value is -2.54. The Balaban J connectivity index is 1.57. The van der Waals surface area contributed by atoms with Gasteiger partial charge in [0.1, 0.15) is 12.3 Å². The summed E-state index contributed by atoms with van der Waals surface area (Å²) in [5.41, 5.74) is 0.464. The van der Waals surface area contributed by atoms with Gasteiger partial charge in [0.2, 0.25) is 5.91 Å². The summed E-state index contributed by atoms with van der Waals surface area (Å²) in [7, 11) is -2.37. The van der Waals surface area contributed by atoms with Crippen LogP contribution in [0.2, 0.25) is 0 Å². The molecular formula is C22H26N2O4S. The zero-order valence-electron chi connectivity index (χ0n) is 16.5. The first kappa shape index (κ1) is 19.8. The van der Waals surface area contributed by atoms with E-state index >= 15 is 0 Å². The Kier molecular flexibility index (Phi) is 5.50. The molecule has 0 aromatic heterocycles. The van der Waals surface area contributed by atoms with E-state index in [1.54, 1.807) is 36.4 Å². The third-order valence-electron chi connectivity index (χ3n) is 6.06. The number of hydrogen-bond acceptors (Lipinski definition) is 4. The minimum atomic E-state index is -3.90. The highest BCUT2D eigenvalue weighted by molar-refractivity contribution is 7.92. The second kappa shape index (κ2) is 8.06. The van der Waals surface area contributed by atoms with Crippen molar-refractivity contribution in [3.63, 3.8) is 0 Å². The van der Waals surface area contributed by atoms with Gasteiger partial charge in [-0.3, -0.25) is 9.10 Å². The number of fused-ring (bicyclic) bond motifs is 2. The highest BCUT2D eigenvalue weighted by Gasteiger charge is 2.40. The number of carbonyl (C=O) groups is 1. The van der Waals surface area contributed by atoms with Gasteiger partial charge in [-0.15, -0.1) is 0 Å². The molecule has 0 spiro atoms. The molecule has 2 aromatic rings. The number of methoxy groups -OCH3 is 1. The number of rotatable bonds is 7. The van der Waals surface area contributed by atoms with E-state index in [0.717, 1.165) is 12.8 Å². The van der Waals surface area contributed by atoms with Crippen LogP contribution in [-0.2, 0) is 14.8 Å². The van der Waals surface area contributed by atoms with E-state index in [1.165, 1.54) is 36.4 Å². The molecule has 7 heteroatoms. The van der Waals surface area contributed by atoms with Crippen molar-refractivity contribution in [1.82, 2.24) is 5.32 Å². The van der Waals surface area contributed by atoms with E-state index in [0.29, 0.717) is 23.3 Å². The molecule has 29 heavy (non-hydrogen) atoms. The number of hydrogen-bond donors (Lipinski definition) is 1. The van der Waals surface area contributed by atoms with Crippen molar-refractivity contribution in [3.8, 4) is 5.75 Å². The predicted molar refractivity (Wildman–Crippen MR) is 111 cm³/mol. The van der Waals surface area contributed by atoms with Gasteiger partial charge in [0.05, 0.1) is 17.7 Å². The molecule has 4 rings (SSSR count). The van der Waals surface area contributed by atoms with Crippen LogP contribution in [0.15, 0.2) is 59.5 Å². The highest BCUT2D eigenvalue weighted by atomic mass is 32.2. The van der Waals surface area contributed by atoms with Gasteiger partial charge in [-0.05, 0) is 67.5 Å². The van der Waals surface area contributed by atoms with Gasteiger partial charge >= 0.3 is 0 Å². The summed E-state index contributed by atoms with van der Waals surface area (Å²) in [5, 5.41) is 3.09. The number of benzene rings is 2. The first-order valence-corrected chi connectivity index (χ1v) is 11.4. The van der Waals surface area contributed by atoms with Gasteiger partial charge in [0.15, 0.2) is 0 Å². The van der Waals surface area contributed by atoms with Gasteiger partial charge in [-0.2, -0.15) is 0 Å². The second-order valence-corrected chi connectivity index (χ2v) is 9.73. The Morgan fingerprint density at radius 3 is 2.38 bits per heavy atom. The number of anilines is 1. The standard InChI is InChI=1S/C22H26N2O4S/c1-28-19-9-11-20(12-10-19)29(26,27)24(18-5-3-2-4-6-18)15-22(25)23-21-14-16-7-8-17(21)13-16/h2-6,9-12,16-17,21H,7-8,13-15H2,1H3,(H,23,25)/t16-,17-,21-/m1/s1. The van der Waals surface area contributed by atoms with E-state index in [9.17, 15) is 13.2 Å². The van der Waals surface area contributed by atoms with Crippen molar-refractivity contribution in [3.05, 3.63) is 54.6 Å². The molecule has 0 saturated heterocycles. The van der Waals surface area contributed by atoms with Gasteiger partial charge in [-0.25, -0.2) is 8.42 Å². The van der Waals surface area contributed by atoms with Crippen LogP contribution >= 0.6 is 0 Å². The summed E-state index contributed by atoms with van der Waals surface area (Å²) < 4.78 is 33.0. The molecule has 0 heterocycles. The van der Waals surface area contributed by atoms with Crippen LogP contribution < -0.4 is 14.4 Å². The van der Waals surface area contributed by atoms with Crippen molar-refractivity contribution >= 4 is 21.6 Å². The molecule has 1 N–H and O–H groups in total. The Morgan fingerprint density at radius 1 is 1.07 bits per heavy atom. The third kappa shape index (κ3) is 4.10. The molecule has 154 valence electrons. The minimum absolute atomic E-state index is 0.120. The summed E-state index contributed by atoms with van der Waals surface area (Å²) in [4.78, 5) is 12.9. The van der Waals surface area contributed by atoms with Crippen LogP contribution in [0.3, 0.4) is 0 Å². The van der Waals surface area contributed by atoms with Crippen LogP contribution in [-0.4, -0.2) is 34.0 Å². The molecule has 0 aliphatic heterocycles. The Morgan fingerprint density at radius 2 is 1.79 bits per heavy atom. The molecule has 2 fully saturated rings. The molecule has 2 saturated carbocycles. The number of ether oxygens (including phenoxy) is 1. The predicted octanol–water partition coefficient (Wildman–Crippen LogP) is 3.20. The van der Waals surface area contributed by atoms with Crippen LogP contribution in [0.25, 0.3) is 0 Å². The van der Waals surface area contributed by atoms with E-state index < -0.39 is 10.0 Å². The average molecular weight is 415 g/mol. The van der Waals surface area contributed by atoms with Gasteiger partial charge in [0, 0.05) is 6.04 Å². The van der Waals surface area contributed by atoms with Crippen LogP contribution in [0.4, 0.5) is 5.69 Å². The fourth-order valence-corrected chi connectivity index (χ4v) is 6.01. The lowest BCUT2D eigenvalue weighted by Gasteiger charge is -2.27. The van der Waals surface area contributed by atoms with Crippen LogP contribution in [0.1, 0.15) is 25.7 Å². The topological polar surface area (TPSA) is 75.7 Å². The monoisotopic (exact) mass is 414 g/mol. The van der Waals surface area contributed by atoms with Crippen molar-refractivity contribution in [1.29, 1.82) is 0 Å². The molecule has 2 aliphatic rings. The summed E-state index contributed by atoms with van der Waals surface area (Å²) in [6.45, 7) is -0.244. The zero-order chi connectivity index (χ0) is 20.4. The molecule has 2 aliphatic carbocycles. The SMILES string of the molecule is COc1ccc(S(=O)(=O)N(CC(=O)N[C@@H]2C[C@@H]3CC[C@@H]2C3)c2ccccc2)cc1. The fourth-order valence-electron chi connectivity index (χ4n) is 4.59. The second-order valence-electron chi connectivity index (χ2n) is 7.87. The number of amides is 1. The maximum Gasteiger partial charge on any atom is 0.264 e. The zero-order valence-corrected chi connectivity index (χ0v) is 17.3. The van der Waals surface area contributed by atoms with Crippen molar-refractivity contribution < 1.29 is 17.9 Å². The lowest BCUT2D eigenvalue weighted by Crippen LogP contribution is -2.45. The largest absolute Gasteiger partial charge is 0.497 e. The lowest BCUT2D eigenvalue weighted by atomic mass is 9.95. The summed E-state index contributed by atoms with van der Waals surface area (Å²) in [5.74, 6) is 1.55. The number of nitrogens with zero attached hydrogens (tertiary/aromatic N) is 1. The Labute approximate surface area is 171 Å². The molecule has 0 unspecified atom stereocenters. The Bertz CT molecular complexity index is 960. The first-order valence-electron chi connectivity index (χ1n) is 9.98. The van der Waals surface area contributed by atoms with Crippen LogP contribution in [0, 0.1) is 11.8 Å². The van der Waals surface area contributed by atoms with E-state index in [1.807, 2.05) is 6.07 Å². The number of para-hydroxylation sites is 1. The molecule has 0 radical (unpaired) electrons. The molecule has 3 atom stereocenters. The van der Waals surface area contributed by atoms with Crippen molar-refractivity contribution in [2.75, 3.05) is 18.0 Å². The molecule has 2 aromatic carbocycles. The maximum atomic E-state index is 13.3. The fraction of sp³-hybridized carbons (Fsp3) is 0.409. The smallest absolute Gasteiger partial charge is 0.264 e. The van der Waals surface area contributed by atoms with Gasteiger partial charge in [0.25, 0.3) is 10.0 Å². The van der Waals surface area contributed by atoms with Crippen molar-refractivity contribution in [2.45, 2.75) is 36.6 Å². The average Bonchev–Trinajstić information content (AvgIpc) is 3.36. The summed E-state index contributed by atoms with van der Waals surface area (Å²) in [6.07, 6.45) is 4.59. The number of nitrogens with one attached hydrogen (secondary N) is 1. The van der Waals surface area contributed by atoms with Gasteiger partial charge in [-0.1, -0.05) is 24.6 Å². The lowest BCUT2D eigenvalue weighted by molar-refractivity contribution is -0.120. The normalized spacial score (nSPS) is 23.0. The molecule has 2 bridgehead atoms. The van der Waals surface area contributed by atoms with Gasteiger partial charge < -0.3 is 10.1 Å². The number of carbonyl (C=O) groups excluding carboxylic acids is 1. The summed E-state index contributed by atoms with van der Waals surface area (Å²) >= 11 is 0. The van der Waals surface area contributed by atoms with Crippen molar-refractivity contribution in [2.24, 2.45) is 11.8 Å². The minimum Gasteiger partial charge on any atom is -0.497 e. The third-order valence-corrected chi connectivity index (χ3v) is 7.85.